The standard InChI is InChI=1S/C30H26FN7O/c31-22-14-21(15-23(17-22)39-13-12-38-10-1-2-11-38)27-29-26(7-9-33-27)34-30(35-29)28-24-16-19(5-6-25(24)36-37-28)20-4-3-8-32-18-20/h3-9,14-18H,1-2,10-13H2,(H,34,35)(H,36,37). The summed E-state index contributed by atoms with van der Waals surface area (Å²) in [5.74, 6) is 0.715. The summed E-state index contributed by atoms with van der Waals surface area (Å²) < 4.78 is 20.6. The van der Waals surface area contributed by atoms with E-state index in [9.17, 15) is 4.39 Å². The molecule has 194 valence electrons. The minimum absolute atomic E-state index is 0.375. The fourth-order valence-corrected chi connectivity index (χ4v) is 5.25. The molecule has 2 N–H and O–H groups in total. The summed E-state index contributed by atoms with van der Waals surface area (Å²) in [6.07, 6.45) is 7.75. The molecule has 4 aromatic heterocycles. The van der Waals surface area contributed by atoms with Gasteiger partial charge in [-0.25, -0.2) is 9.37 Å². The number of nitrogens with one attached hydrogen (secondary N) is 2. The van der Waals surface area contributed by atoms with E-state index < -0.39 is 0 Å². The maximum Gasteiger partial charge on any atom is 0.159 e. The van der Waals surface area contributed by atoms with Crippen LogP contribution in [0.2, 0.25) is 0 Å². The van der Waals surface area contributed by atoms with Gasteiger partial charge in [0.2, 0.25) is 0 Å². The Labute approximate surface area is 223 Å². The number of halogens is 1. The van der Waals surface area contributed by atoms with Crippen LogP contribution in [0.3, 0.4) is 0 Å². The molecule has 0 radical (unpaired) electrons. The van der Waals surface area contributed by atoms with Crippen molar-refractivity contribution >= 4 is 21.9 Å². The average molecular weight is 520 g/mol. The summed E-state index contributed by atoms with van der Waals surface area (Å²) in [6.45, 7) is 3.55. The molecular formula is C30H26FN7O. The SMILES string of the molecule is Fc1cc(OCCN2CCCC2)cc(-c2nccc3[nH]c(-c4n[nH]c5ccc(-c6cccnc6)cc45)nc23)c1. The van der Waals surface area contributed by atoms with E-state index >= 15 is 0 Å². The van der Waals surface area contributed by atoms with Crippen molar-refractivity contribution in [2.24, 2.45) is 0 Å². The Balaban J connectivity index is 1.23. The second kappa shape index (κ2) is 9.92. The summed E-state index contributed by atoms with van der Waals surface area (Å²) in [6, 6.07) is 16.6. The van der Waals surface area contributed by atoms with Crippen LogP contribution in [0.25, 0.3) is 55.8 Å². The van der Waals surface area contributed by atoms with E-state index in [0.717, 1.165) is 47.2 Å². The Hall–Kier alpha value is -4.63. The van der Waals surface area contributed by atoms with Crippen LogP contribution in [-0.2, 0) is 0 Å². The molecule has 0 aliphatic carbocycles. The Morgan fingerprint density at radius 3 is 2.69 bits per heavy atom. The maximum absolute atomic E-state index is 14.7. The molecule has 1 fully saturated rings. The van der Waals surface area contributed by atoms with E-state index in [1.165, 1.54) is 25.0 Å². The van der Waals surface area contributed by atoms with Crippen LogP contribution in [0.4, 0.5) is 4.39 Å². The van der Waals surface area contributed by atoms with Gasteiger partial charge < -0.3 is 9.72 Å². The Morgan fingerprint density at radius 1 is 0.897 bits per heavy atom. The van der Waals surface area contributed by atoms with Crippen LogP contribution in [0.1, 0.15) is 12.8 Å². The summed E-state index contributed by atoms with van der Waals surface area (Å²) in [5.41, 5.74) is 6.27. The van der Waals surface area contributed by atoms with Crippen molar-refractivity contribution in [1.82, 2.24) is 35.0 Å². The number of nitrogens with zero attached hydrogens (tertiary/aromatic N) is 5. The number of likely N-dealkylation sites (tertiary alicyclic amines) is 1. The second-order valence-electron chi connectivity index (χ2n) is 9.79. The van der Waals surface area contributed by atoms with Crippen molar-refractivity contribution in [2.75, 3.05) is 26.2 Å². The first-order chi connectivity index (χ1) is 19.2. The van der Waals surface area contributed by atoms with E-state index in [1.807, 2.05) is 42.6 Å². The lowest BCUT2D eigenvalue weighted by Crippen LogP contribution is -2.25. The quantitative estimate of drug-likeness (QED) is 0.275. The van der Waals surface area contributed by atoms with Gasteiger partial charge in [-0.1, -0.05) is 12.1 Å². The third kappa shape index (κ3) is 4.61. The van der Waals surface area contributed by atoms with Gasteiger partial charge in [0, 0.05) is 47.7 Å². The number of fused-ring (bicyclic) bond motifs is 2. The van der Waals surface area contributed by atoms with Crippen molar-refractivity contribution < 1.29 is 9.13 Å². The molecule has 0 atom stereocenters. The van der Waals surface area contributed by atoms with E-state index in [0.29, 0.717) is 40.6 Å². The van der Waals surface area contributed by atoms with Crippen LogP contribution in [-0.4, -0.2) is 61.3 Å². The fourth-order valence-electron chi connectivity index (χ4n) is 5.25. The fraction of sp³-hybridized carbons (Fsp3) is 0.200. The van der Waals surface area contributed by atoms with Gasteiger partial charge in [0.15, 0.2) is 5.82 Å². The number of rotatable bonds is 7. The zero-order chi connectivity index (χ0) is 26.2. The van der Waals surface area contributed by atoms with Crippen LogP contribution in [0, 0.1) is 5.82 Å². The van der Waals surface area contributed by atoms with E-state index in [-0.39, 0.29) is 5.82 Å². The summed E-state index contributed by atoms with van der Waals surface area (Å²) in [5, 5.41) is 8.59. The first-order valence-corrected chi connectivity index (χ1v) is 13.1. The second-order valence-corrected chi connectivity index (χ2v) is 9.79. The van der Waals surface area contributed by atoms with Crippen LogP contribution < -0.4 is 4.74 Å². The number of hydrogen-bond donors (Lipinski definition) is 2. The minimum atomic E-state index is -0.375. The van der Waals surface area contributed by atoms with E-state index in [4.69, 9.17) is 9.72 Å². The smallest absolute Gasteiger partial charge is 0.159 e. The molecule has 2 aromatic carbocycles. The van der Waals surface area contributed by atoms with Gasteiger partial charge in [0.25, 0.3) is 0 Å². The van der Waals surface area contributed by atoms with Crippen molar-refractivity contribution in [1.29, 1.82) is 0 Å². The maximum atomic E-state index is 14.7. The minimum Gasteiger partial charge on any atom is -0.492 e. The highest BCUT2D eigenvalue weighted by Gasteiger charge is 2.18. The molecule has 1 saturated heterocycles. The van der Waals surface area contributed by atoms with Gasteiger partial charge >= 0.3 is 0 Å². The molecule has 7 rings (SSSR count). The lowest BCUT2D eigenvalue weighted by Gasteiger charge is -2.15. The Bertz CT molecular complexity index is 1770. The molecule has 5 heterocycles. The summed E-state index contributed by atoms with van der Waals surface area (Å²) >= 11 is 0. The van der Waals surface area contributed by atoms with Crippen molar-refractivity contribution in [3.05, 3.63) is 79.0 Å². The molecule has 0 amide bonds. The number of hydrogen-bond acceptors (Lipinski definition) is 6. The van der Waals surface area contributed by atoms with Gasteiger partial charge in [0.1, 0.15) is 29.4 Å². The van der Waals surface area contributed by atoms with Crippen LogP contribution >= 0.6 is 0 Å². The predicted molar refractivity (Wildman–Crippen MR) is 149 cm³/mol. The molecule has 8 nitrogen and oxygen atoms in total. The molecule has 0 unspecified atom stereocenters. The molecular weight excluding hydrogens is 493 g/mol. The third-order valence-electron chi connectivity index (χ3n) is 7.20. The zero-order valence-corrected chi connectivity index (χ0v) is 21.2. The largest absolute Gasteiger partial charge is 0.492 e. The van der Waals surface area contributed by atoms with E-state index in [1.54, 1.807) is 12.4 Å². The van der Waals surface area contributed by atoms with E-state index in [2.05, 4.69) is 36.1 Å². The monoisotopic (exact) mass is 519 g/mol. The number of ether oxygens (including phenoxy) is 1. The zero-order valence-electron chi connectivity index (χ0n) is 21.2. The van der Waals surface area contributed by atoms with Gasteiger partial charge in [0.05, 0.1) is 16.7 Å². The molecule has 1 aliphatic rings. The highest BCUT2D eigenvalue weighted by Crippen LogP contribution is 2.33. The summed E-state index contributed by atoms with van der Waals surface area (Å²) in [4.78, 5) is 19.4. The number of aromatic amines is 2. The predicted octanol–water partition coefficient (Wildman–Crippen LogP) is 5.84. The highest BCUT2D eigenvalue weighted by atomic mass is 19.1. The van der Waals surface area contributed by atoms with Crippen molar-refractivity contribution in [3.63, 3.8) is 0 Å². The van der Waals surface area contributed by atoms with Crippen molar-refractivity contribution in [3.8, 4) is 39.7 Å². The van der Waals surface area contributed by atoms with Gasteiger partial charge in [-0.05, 0) is 67.9 Å². The normalized spacial score (nSPS) is 14.0. The Morgan fingerprint density at radius 2 is 1.82 bits per heavy atom. The van der Waals surface area contributed by atoms with Gasteiger partial charge in [-0.3, -0.25) is 20.0 Å². The molecule has 1 aliphatic heterocycles. The molecule has 0 spiro atoms. The highest BCUT2D eigenvalue weighted by molar-refractivity contribution is 5.97. The lowest BCUT2D eigenvalue weighted by atomic mass is 10.0. The first-order valence-electron chi connectivity index (χ1n) is 13.1. The number of aromatic nitrogens is 6. The molecule has 0 bridgehead atoms. The van der Waals surface area contributed by atoms with Gasteiger partial charge in [-0.15, -0.1) is 0 Å². The Kier molecular flexibility index (Phi) is 5.97. The molecule has 0 saturated carbocycles. The average Bonchev–Trinajstić information content (AvgIpc) is 3.72. The number of H-pyrrole nitrogens is 2. The number of imidazole rings is 1. The van der Waals surface area contributed by atoms with Crippen LogP contribution in [0.15, 0.2) is 73.2 Å². The topological polar surface area (TPSA) is 95.6 Å². The summed E-state index contributed by atoms with van der Waals surface area (Å²) in [7, 11) is 0. The number of benzene rings is 2. The number of pyridine rings is 2. The third-order valence-corrected chi connectivity index (χ3v) is 7.20. The van der Waals surface area contributed by atoms with Crippen molar-refractivity contribution in [2.45, 2.75) is 12.8 Å². The molecule has 39 heavy (non-hydrogen) atoms. The molecule has 6 aromatic rings. The first kappa shape index (κ1) is 23.5. The molecule has 9 heteroatoms. The van der Waals surface area contributed by atoms with Crippen LogP contribution in [0.5, 0.6) is 5.75 Å². The lowest BCUT2D eigenvalue weighted by molar-refractivity contribution is 0.237. The van der Waals surface area contributed by atoms with Gasteiger partial charge in [-0.2, -0.15) is 5.10 Å².